The van der Waals surface area contributed by atoms with Gasteiger partial charge in [0.1, 0.15) is 30.4 Å². The Hall–Kier alpha value is 1.43. The van der Waals surface area contributed by atoms with Gasteiger partial charge in [-0.15, -0.1) is 0 Å². The molecule has 120 valence electrons. The van der Waals surface area contributed by atoms with Gasteiger partial charge in [-0.2, -0.15) is 0 Å². The second-order valence-corrected chi connectivity index (χ2v) is 8.21. The zero-order valence-corrected chi connectivity index (χ0v) is 21.7. The molecule has 9 nitrogen and oxygen atoms in total. The minimum atomic E-state index is -5.35. The summed E-state index contributed by atoms with van der Waals surface area (Å²) in [7, 11) is -15.6. The van der Waals surface area contributed by atoms with Gasteiger partial charge in [0.05, 0.1) is 14.7 Å². The molecule has 0 atom stereocenters. The van der Waals surface area contributed by atoms with Crippen LogP contribution < -0.4 is 88.7 Å². The van der Waals surface area contributed by atoms with Crippen molar-refractivity contribution in [3.63, 3.8) is 0 Å². The summed E-state index contributed by atoms with van der Waals surface area (Å²) in [5.41, 5.74) is 0. The summed E-state index contributed by atoms with van der Waals surface area (Å²) in [4.78, 5) is -3.31. The minimum absolute atomic E-state index is 0. The summed E-state index contributed by atoms with van der Waals surface area (Å²) in [5.74, 6) is 0. The number of hydrogen-bond acceptors (Lipinski definition) is 9. The van der Waals surface area contributed by atoms with Crippen molar-refractivity contribution in [1.29, 1.82) is 0 Å². The fourth-order valence-electron chi connectivity index (χ4n) is 1.88. The van der Waals surface area contributed by atoms with E-state index in [1.165, 1.54) is 0 Å². The third-order valence-corrected chi connectivity index (χ3v) is 5.26. The first-order chi connectivity index (χ1) is 9.82. The molecule has 2 aromatic carbocycles. The predicted octanol–water partition coefficient (Wildman–Crippen LogP) is -9.44. The van der Waals surface area contributed by atoms with Gasteiger partial charge in [-0.3, -0.25) is 0 Å². The van der Waals surface area contributed by atoms with E-state index in [1.54, 1.807) is 0 Å². The molecule has 2 aromatic rings. The number of rotatable bonds is 3. The van der Waals surface area contributed by atoms with Gasteiger partial charge in [0.2, 0.25) is 0 Å². The van der Waals surface area contributed by atoms with E-state index in [0.29, 0.717) is 6.07 Å². The first-order valence-corrected chi connectivity index (χ1v) is 9.49. The van der Waals surface area contributed by atoms with Gasteiger partial charge in [0, 0.05) is 5.39 Å². The Labute approximate surface area is 210 Å². The molecule has 0 saturated heterocycles. The first kappa shape index (κ1) is 28.6. The van der Waals surface area contributed by atoms with Gasteiger partial charge in [0.15, 0.2) is 0 Å². The Balaban J connectivity index is 0. The molecule has 0 amide bonds. The zero-order chi connectivity index (χ0) is 16.9. The van der Waals surface area contributed by atoms with Crippen LogP contribution in [0.15, 0.2) is 45.0 Å². The van der Waals surface area contributed by atoms with Crippen LogP contribution in [0, 0.1) is 0 Å². The molecule has 0 N–H and O–H groups in total. The van der Waals surface area contributed by atoms with Crippen LogP contribution >= 0.6 is 0 Å². The monoisotopic (exact) mass is 434 g/mol. The van der Waals surface area contributed by atoms with Crippen molar-refractivity contribution in [2.24, 2.45) is 0 Å². The fourth-order valence-corrected chi connectivity index (χ4v) is 4.02. The molecule has 25 heavy (non-hydrogen) atoms. The second-order valence-electron chi connectivity index (χ2n) is 4.14. The van der Waals surface area contributed by atoms with Crippen LogP contribution in [0.4, 0.5) is 0 Å². The van der Waals surface area contributed by atoms with Crippen LogP contribution in [0.3, 0.4) is 0 Å². The summed E-state index contributed by atoms with van der Waals surface area (Å²) in [6.45, 7) is 0. The molecule has 0 aromatic heterocycles. The fraction of sp³-hybridized carbons (Fsp3) is 0. The van der Waals surface area contributed by atoms with Gasteiger partial charge in [-0.1, -0.05) is 12.1 Å². The first-order valence-electron chi connectivity index (χ1n) is 5.26. The Morgan fingerprint density at radius 3 is 1.52 bits per heavy atom. The van der Waals surface area contributed by atoms with Gasteiger partial charge in [0.25, 0.3) is 0 Å². The standard InChI is InChI=1S/C10H8O9S3.3Na/c11-20(12,13)7-4-6-2-1-3-8(21(14,15)16)10(6)9(5-7)22(17,18)19;;;/h1-5H,(H,11,12,13)(H,14,15,16)(H,17,18,19);;;/q;3*+1/p-3. The maximum absolute atomic E-state index is 11.3. The maximum Gasteiger partial charge on any atom is 1.00 e. The van der Waals surface area contributed by atoms with Crippen LogP contribution in [-0.2, 0) is 30.4 Å². The molecule has 0 aliphatic heterocycles. The van der Waals surface area contributed by atoms with Crippen LogP contribution in [-0.4, -0.2) is 38.9 Å². The van der Waals surface area contributed by atoms with Crippen molar-refractivity contribution in [2.75, 3.05) is 0 Å². The van der Waals surface area contributed by atoms with Crippen molar-refractivity contribution in [1.82, 2.24) is 0 Å². The Morgan fingerprint density at radius 1 is 0.640 bits per heavy atom. The smallest absolute Gasteiger partial charge is 0.744 e. The molecule has 0 spiro atoms. The molecular weight excluding hydrogens is 429 g/mol. The molecule has 15 heteroatoms. The molecule has 0 saturated carbocycles. The molecule has 0 unspecified atom stereocenters. The van der Waals surface area contributed by atoms with Crippen LogP contribution in [0.2, 0.25) is 0 Å². The largest absolute Gasteiger partial charge is 1.00 e. The third-order valence-electron chi connectivity index (χ3n) is 2.70. The molecule has 0 fully saturated rings. The van der Waals surface area contributed by atoms with E-state index < -0.39 is 50.4 Å². The number of hydrogen-bond donors (Lipinski definition) is 0. The van der Waals surface area contributed by atoms with Gasteiger partial charge in [-0.25, -0.2) is 25.3 Å². The topological polar surface area (TPSA) is 172 Å². The summed E-state index contributed by atoms with van der Waals surface area (Å²) in [6, 6.07) is 3.79. The normalized spacial score (nSPS) is 11.8. The Kier molecular flexibility index (Phi) is 11.2. The zero-order valence-electron chi connectivity index (χ0n) is 13.3. The van der Waals surface area contributed by atoms with Gasteiger partial charge >= 0.3 is 88.7 Å². The molecule has 0 radical (unpaired) electrons. The van der Waals surface area contributed by atoms with E-state index in [0.717, 1.165) is 18.2 Å². The van der Waals surface area contributed by atoms with Gasteiger partial charge in [-0.05, 0) is 23.6 Å². The Bertz CT molecular complexity index is 1090. The van der Waals surface area contributed by atoms with E-state index >= 15 is 0 Å². The number of benzene rings is 2. The average molecular weight is 434 g/mol. The number of fused-ring (bicyclic) bond motifs is 1. The van der Waals surface area contributed by atoms with Gasteiger partial charge < -0.3 is 13.7 Å². The van der Waals surface area contributed by atoms with Crippen molar-refractivity contribution in [3.8, 4) is 0 Å². The van der Waals surface area contributed by atoms with E-state index in [4.69, 9.17) is 0 Å². The van der Waals surface area contributed by atoms with Crippen LogP contribution in [0.25, 0.3) is 10.8 Å². The van der Waals surface area contributed by atoms with Crippen molar-refractivity contribution in [3.05, 3.63) is 30.3 Å². The van der Waals surface area contributed by atoms with E-state index in [2.05, 4.69) is 0 Å². The van der Waals surface area contributed by atoms with Crippen molar-refractivity contribution >= 4 is 41.1 Å². The van der Waals surface area contributed by atoms with Crippen LogP contribution in [0.1, 0.15) is 0 Å². The molecule has 0 aliphatic carbocycles. The molecule has 0 heterocycles. The molecule has 2 rings (SSSR count). The van der Waals surface area contributed by atoms with E-state index in [9.17, 15) is 38.9 Å². The Morgan fingerprint density at radius 2 is 1.12 bits per heavy atom. The minimum Gasteiger partial charge on any atom is -0.744 e. The average Bonchev–Trinajstić information content (AvgIpc) is 2.33. The van der Waals surface area contributed by atoms with Crippen molar-refractivity contribution in [2.45, 2.75) is 14.7 Å². The van der Waals surface area contributed by atoms with Crippen molar-refractivity contribution < 1.29 is 128 Å². The van der Waals surface area contributed by atoms with Crippen LogP contribution in [0.5, 0.6) is 0 Å². The summed E-state index contributed by atoms with van der Waals surface area (Å²) in [6.07, 6.45) is 0. The maximum atomic E-state index is 11.3. The SMILES string of the molecule is O=S(=O)([O-])c1cc(S(=O)(=O)[O-])c2c(S(=O)(=O)[O-])cccc2c1.[Na+].[Na+].[Na+]. The molecule has 0 bridgehead atoms. The predicted molar refractivity (Wildman–Crippen MR) is 67.8 cm³/mol. The van der Waals surface area contributed by atoms with E-state index in [1.807, 2.05) is 0 Å². The quantitative estimate of drug-likeness (QED) is 0.336. The third kappa shape index (κ3) is 6.76. The summed E-state index contributed by atoms with van der Waals surface area (Å²) >= 11 is 0. The summed E-state index contributed by atoms with van der Waals surface area (Å²) in [5, 5.41) is -1.11. The van der Waals surface area contributed by atoms with E-state index in [-0.39, 0.29) is 100 Å². The summed E-state index contributed by atoms with van der Waals surface area (Å²) < 4.78 is 100. The second kappa shape index (κ2) is 9.76. The molecule has 0 aliphatic rings. The molecular formula is C10H5Na3O9S3.